The Balaban J connectivity index is 1.76. The third kappa shape index (κ3) is 3.40. The van der Waals surface area contributed by atoms with Crippen LogP contribution >= 0.6 is 0 Å². The molecule has 0 spiro atoms. The molecule has 1 aliphatic heterocycles. The van der Waals surface area contributed by atoms with Crippen molar-refractivity contribution < 1.29 is 22.4 Å². The van der Waals surface area contributed by atoms with Crippen LogP contribution in [0.3, 0.4) is 0 Å². The number of para-hydroxylation sites is 1. The Morgan fingerprint density at radius 2 is 2.00 bits per heavy atom. The van der Waals surface area contributed by atoms with Gasteiger partial charge in [0.2, 0.25) is 11.8 Å². The maximum absolute atomic E-state index is 13.7. The molecule has 1 aromatic carbocycles. The lowest BCUT2D eigenvalue weighted by atomic mass is 10.0. The Morgan fingerprint density at radius 1 is 1.32 bits per heavy atom. The number of hydrogen-bond acceptors (Lipinski definition) is 4. The van der Waals surface area contributed by atoms with Crippen LogP contribution in [-0.2, 0) is 19.4 Å². The van der Waals surface area contributed by atoms with Crippen molar-refractivity contribution >= 4 is 27.3 Å². The molecule has 3 rings (SSSR count). The predicted octanol–water partition coefficient (Wildman–Crippen LogP) is 1.58. The second-order valence-corrected chi connectivity index (χ2v) is 8.89. The molecule has 0 aromatic heterocycles. The first-order valence-corrected chi connectivity index (χ1v) is 10.2. The van der Waals surface area contributed by atoms with E-state index in [9.17, 15) is 22.4 Å². The molecule has 1 saturated heterocycles. The summed E-state index contributed by atoms with van der Waals surface area (Å²) in [7, 11) is -3.13. The molecule has 1 unspecified atom stereocenters. The van der Waals surface area contributed by atoms with E-state index in [0.29, 0.717) is 25.8 Å². The second-order valence-electron chi connectivity index (χ2n) is 6.66. The lowest BCUT2D eigenvalue weighted by molar-refractivity contribution is -0.143. The highest BCUT2D eigenvalue weighted by molar-refractivity contribution is 7.91. The van der Waals surface area contributed by atoms with Gasteiger partial charge in [-0.15, -0.1) is 0 Å². The van der Waals surface area contributed by atoms with Crippen molar-refractivity contribution in [3.8, 4) is 0 Å². The molecule has 2 amide bonds. The average molecular weight is 368 g/mol. The molecule has 25 heavy (non-hydrogen) atoms. The van der Waals surface area contributed by atoms with E-state index in [2.05, 4.69) is 5.32 Å². The Morgan fingerprint density at radius 3 is 2.52 bits per heavy atom. The molecule has 1 aromatic rings. The average Bonchev–Trinajstić information content (AvgIpc) is 3.30. The van der Waals surface area contributed by atoms with Crippen LogP contribution in [0.25, 0.3) is 0 Å². The van der Waals surface area contributed by atoms with Crippen LogP contribution in [0, 0.1) is 11.2 Å². The summed E-state index contributed by atoms with van der Waals surface area (Å²) in [5.41, 5.74) is -1.16. The summed E-state index contributed by atoms with van der Waals surface area (Å²) in [5.74, 6) is -1.44. The van der Waals surface area contributed by atoms with Crippen LogP contribution in [0.1, 0.15) is 26.2 Å². The fourth-order valence-corrected chi connectivity index (χ4v) is 5.06. The van der Waals surface area contributed by atoms with Crippen LogP contribution < -0.4 is 5.32 Å². The van der Waals surface area contributed by atoms with Gasteiger partial charge in [0.05, 0.1) is 17.2 Å². The lowest BCUT2D eigenvalue weighted by Crippen LogP contribution is -2.48. The molecule has 2 fully saturated rings. The number of amides is 2. The molecule has 0 radical (unpaired) electrons. The van der Waals surface area contributed by atoms with Crippen molar-refractivity contribution in [2.75, 3.05) is 23.4 Å². The summed E-state index contributed by atoms with van der Waals surface area (Å²) in [6.45, 7) is 2.11. The van der Waals surface area contributed by atoms with Gasteiger partial charge in [0.15, 0.2) is 9.84 Å². The smallest absolute Gasteiger partial charge is 0.240 e. The molecule has 136 valence electrons. The number of anilines is 1. The fraction of sp³-hybridized carbons (Fsp3) is 0.529. The van der Waals surface area contributed by atoms with Crippen molar-refractivity contribution in [1.29, 1.82) is 0 Å². The number of benzene rings is 1. The number of nitrogens with one attached hydrogen (secondary N) is 1. The molecule has 1 heterocycles. The summed E-state index contributed by atoms with van der Waals surface area (Å²) in [5, 5.41) is 2.50. The van der Waals surface area contributed by atoms with E-state index >= 15 is 0 Å². The molecule has 1 atom stereocenters. The SMILES string of the molecule is CCN(C(=O)C1(C(=O)Nc2ccccc2F)CC1)C1CCS(=O)(=O)C1. The van der Waals surface area contributed by atoms with Gasteiger partial charge in [0.1, 0.15) is 11.2 Å². The summed E-state index contributed by atoms with van der Waals surface area (Å²) < 4.78 is 37.1. The first-order chi connectivity index (χ1) is 11.8. The number of rotatable bonds is 5. The molecule has 6 nitrogen and oxygen atoms in total. The summed E-state index contributed by atoms with van der Waals surface area (Å²) in [4.78, 5) is 27.1. The Labute approximate surface area is 146 Å². The van der Waals surface area contributed by atoms with E-state index < -0.39 is 27.0 Å². The van der Waals surface area contributed by atoms with Crippen molar-refractivity contribution in [2.24, 2.45) is 5.41 Å². The van der Waals surface area contributed by atoms with Crippen LogP contribution in [0.5, 0.6) is 0 Å². The van der Waals surface area contributed by atoms with Crippen LogP contribution in [0.15, 0.2) is 24.3 Å². The highest BCUT2D eigenvalue weighted by Crippen LogP contribution is 2.49. The molecule has 8 heteroatoms. The maximum Gasteiger partial charge on any atom is 0.240 e. The Bertz CT molecular complexity index is 805. The highest BCUT2D eigenvalue weighted by Gasteiger charge is 2.59. The summed E-state index contributed by atoms with van der Waals surface area (Å²) >= 11 is 0. The summed E-state index contributed by atoms with van der Waals surface area (Å²) in [6, 6.07) is 5.40. The molecule has 0 bridgehead atoms. The first-order valence-electron chi connectivity index (χ1n) is 8.36. The van der Waals surface area contributed by atoms with Crippen molar-refractivity contribution in [3.05, 3.63) is 30.1 Å². The first kappa shape index (κ1) is 17.8. The van der Waals surface area contributed by atoms with Gasteiger partial charge in [-0.25, -0.2) is 12.8 Å². The highest BCUT2D eigenvalue weighted by atomic mass is 32.2. The molecular formula is C17H21FN2O4S. The predicted molar refractivity (Wildman–Crippen MR) is 91.1 cm³/mol. The zero-order chi connectivity index (χ0) is 18.2. The van der Waals surface area contributed by atoms with Gasteiger partial charge in [-0.3, -0.25) is 9.59 Å². The molecule has 1 saturated carbocycles. The normalized spacial score (nSPS) is 23.0. The van der Waals surface area contributed by atoms with Crippen LogP contribution in [0.4, 0.5) is 10.1 Å². The number of nitrogens with zero attached hydrogens (tertiary/aromatic N) is 1. The van der Waals surface area contributed by atoms with E-state index in [4.69, 9.17) is 0 Å². The lowest BCUT2D eigenvalue weighted by Gasteiger charge is -2.30. The van der Waals surface area contributed by atoms with E-state index in [1.54, 1.807) is 13.0 Å². The monoisotopic (exact) mass is 368 g/mol. The standard InChI is InChI=1S/C17H21FN2O4S/c1-2-20(12-7-10-25(23,24)11-12)16(22)17(8-9-17)15(21)19-14-6-4-3-5-13(14)18/h3-6,12H,2,7-11H2,1H3,(H,19,21). The van der Waals surface area contributed by atoms with Gasteiger partial charge in [-0.1, -0.05) is 12.1 Å². The molecule has 2 aliphatic rings. The van der Waals surface area contributed by atoms with Crippen LogP contribution in [-0.4, -0.2) is 49.2 Å². The minimum Gasteiger partial charge on any atom is -0.338 e. The number of sulfone groups is 1. The van der Waals surface area contributed by atoms with E-state index in [-0.39, 0.29) is 29.1 Å². The molecule has 1 aliphatic carbocycles. The van der Waals surface area contributed by atoms with E-state index in [1.807, 2.05) is 0 Å². The molecular weight excluding hydrogens is 347 g/mol. The topological polar surface area (TPSA) is 83.6 Å². The van der Waals surface area contributed by atoms with E-state index in [0.717, 1.165) is 0 Å². The number of carbonyl (C=O) groups is 2. The third-order valence-electron chi connectivity index (χ3n) is 4.97. The van der Waals surface area contributed by atoms with Crippen molar-refractivity contribution in [1.82, 2.24) is 4.90 Å². The largest absolute Gasteiger partial charge is 0.338 e. The second kappa shape index (κ2) is 6.40. The fourth-order valence-electron chi connectivity index (χ4n) is 3.33. The third-order valence-corrected chi connectivity index (χ3v) is 6.72. The van der Waals surface area contributed by atoms with Gasteiger partial charge in [0.25, 0.3) is 0 Å². The quantitative estimate of drug-likeness (QED) is 0.800. The Hall–Kier alpha value is -1.96. The van der Waals surface area contributed by atoms with E-state index in [1.165, 1.54) is 23.1 Å². The van der Waals surface area contributed by atoms with Crippen LogP contribution in [0.2, 0.25) is 0 Å². The van der Waals surface area contributed by atoms with Gasteiger partial charge < -0.3 is 10.2 Å². The minimum absolute atomic E-state index is 0.0399. The zero-order valence-corrected chi connectivity index (χ0v) is 14.8. The number of hydrogen-bond donors (Lipinski definition) is 1. The minimum atomic E-state index is -3.13. The van der Waals surface area contributed by atoms with Crippen molar-refractivity contribution in [3.63, 3.8) is 0 Å². The van der Waals surface area contributed by atoms with Crippen molar-refractivity contribution in [2.45, 2.75) is 32.2 Å². The number of carbonyl (C=O) groups excluding carboxylic acids is 2. The van der Waals surface area contributed by atoms with Gasteiger partial charge in [-0.05, 0) is 38.3 Å². The Kier molecular flexibility index (Phi) is 4.57. The van der Waals surface area contributed by atoms with Gasteiger partial charge in [0, 0.05) is 12.6 Å². The number of halogens is 1. The zero-order valence-electron chi connectivity index (χ0n) is 14.0. The van der Waals surface area contributed by atoms with Gasteiger partial charge in [-0.2, -0.15) is 0 Å². The molecule has 1 N–H and O–H groups in total. The maximum atomic E-state index is 13.7. The van der Waals surface area contributed by atoms with Gasteiger partial charge >= 0.3 is 0 Å². The summed E-state index contributed by atoms with van der Waals surface area (Å²) in [6.07, 6.45) is 1.18.